The van der Waals surface area contributed by atoms with Gasteiger partial charge in [0.2, 0.25) is 0 Å². The van der Waals surface area contributed by atoms with Gasteiger partial charge >= 0.3 is 0 Å². The smallest absolute Gasteiger partial charge is 0.0640 e. The van der Waals surface area contributed by atoms with E-state index >= 15 is 0 Å². The van der Waals surface area contributed by atoms with Gasteiger partial charge in [-0.3, -0.25) is 0 Å². The first-order valence-electron chi connectivity index (χ1n) is 18.0. The highest BCUT2D eigenvalue weighted by molar-refractivity contribution is 7.26. The van der Waals surface area contributed by atoms with Crippen molar-refractivity contribution in [3.63, 3.8) is 0 Å². The van der Waals surface area contributed by atoms with Gasteiger partial charge in [0, 0.05) is 37.7 Å². The molecule has 0 bridgehead atoms. The maximum atomic E-state index is 2.54. The Morgan fingerprint density at radius 3 is 1.90 bits per heavy atom. The first-order chi connectivity index (χ1) is 23.8. The molecule has 1 heterocycles. The SMILES string of the molecule is Cc1cc(C)c2sc3c(N(c4ccc5c(c4)C(C)(C)c4ccccc4-5)c4ccc5c(c4)C(C)(C)c4cccc(C(C)(C)C)c4-5)cccc3c2c1. The molecule has 50 heavy (non-hydrogen) atoms. The number of anilines is 3. The summed E-state index contributed by atoms with van der Waals surface area (Å²) in [6.45, 7) is 21.1. The van der Waals surface area contributed by atoms with Crippen LogP contribution >= 0.6 is 11.3 Å². The summed E-state index contributed by atoms with van der Waals surface area (Å²) in [5.41, 5.74) is 18.7. The maximum absolute atomic E-state index is 2.54. The number of hydrogen-bond acceptors (Lipinski definition) is 2. The summed E-state index contributed by atoms with van der Waals surface area (Å²) in [5.74, 6) is 0. The minimum atomic E-state index is -0.118. The predicted molar refractivity (Wildman–Crippen MR) is 217 cm³/mol. The van der Waals surface area contributed by atoms with Crippen LogP contribution in [-0.4, -0.2) is 0 Å². The van der Waals surface area contributed by atoms with Gasteiger partial charge in [-0.15, -0.1) is 11.3 Å². The summed E-state index contributed by atoms with van der Waals surface area (Å²) >= 11 is 1.93. The summed E-state index contributed by atoms with van der Waals surface area (Å²) in [6, 6.07) is 42.0. The average molecular weight is 668 g/mol. The van der Waals surface area contributed by atoms with Crippen molar-refractivity contribution in [3.8, 4) is 22.3 Å². The quantitative estimate of drug-likeness (QED) is 0.181. The third-order valence-corrected chi connectivity index (χ3v) is 13.1. The molecule has 0 saturated heterocycles. The van der Waals surface area contributed by atoms with Crippen LogP contribution in [0.5, 0.6) is 0 Å². The Morgan fingerprint density at radius 2 is 1.16 bits per heavy atom. The van der Waals surface area contributed by atoms with E-state index in [0.29, 0.717) is 0 Å². The minimum absolute atomic E-state index is 0.0514. The maximum Gasteiger partial charge on any atom is 0.0640 e. The monoisotopic (exact) mass is 667 g/mol. The Labute approximate surface area is 301 Å². The molecule has 6 aromatic carbocycles. The van der Waals surface area contributed by atoms with Crippen LogP contribution in [0.1, 0.15) is 87.4 Å². The van der Waals surface area contributed by atoms with E-state index < -0.39 is 0 Å². The van der Waals surface area contributed by atoms with E-state index in [2.05, 4.69) is 176 Å². The first-order valence-corrected chi connectivity index (χ1v) is 18.8. The summed E-state index contributed by atoms with van der Waals surface area (Å²) in [7, 11) is 0. The van der Waals surface area contributed by atoms with Crippen LogP contribution in [0.15, 0.2) is 109 Å². The molecule has 2 aliphatic carbocycles. The van der Waals surface area contributed by atoms with Crippen LogP contribution in [0.4, 0.5) is 17.1 Å². The number of benzene rings is 6. The Kier molecular flexibility index (Phi) is 6.54. The van der Waals surface area contributed by atoms with Crippen LogP contribution in [0.25, 0.3) is 42.4 Å². The number of aryl methyl sites for hydroxylation is 2. The predicted octanol–water partition coefficient (Wildman–Crippen LogP) is 14.1. The fourth-order valence-electron chi connectivity index (χ4n) is 9.21. The molecule has 1 aromatic heterocycles. The van der Waals surface area contributed by atoms with Crippen molar-refractivity contribution in [2.75, 3.05) is 4.90 Å². The zero-order valence-corrected chi connectivity index (χ0v) is 31.6. The minimum Gasteiger partial charge on any atom is -0.309 e. The molecule has 0 N–H and O–H groups in total. The molecular weight excluding hydrogens is 623 g/mol. The van der Waals surface area contributed by atoms with E-state index in [0.717, 1.165) is 0 Å². The highest BCUT2D eigenvalue weighted by Crippen LogP contribution is 2.55. The van der Waals surface area contributed by atoms with Gasteiger partial charge in [-0.25, -0.2) is 0 Å². The third kappa shape index (κ3) is 4.31. The third-order valence-electron chi connectivity index (χ3n) is 11.7. The van der Waals surface area contributed by atoms with Crippen LogP contribution in [-0.2, 0) is 16.2 Å². The Morgan fingerprint density at radius 1 is 0.540 bits per heavy atom. The van der Waals surface area contributed by atoms with E-state index in [-0.39, 0.29) is 16.2 Å². The lowest BCUT2D eigenvalue weighted by Crippen LogP contribution is -2.18. The van der Waals surface area contributed by atoms with E-state index in [1.165, 1.54) is 98.4 Å². The topological polar surface area (TPSA) is 3.24 Å². The van der Waals surface area contributed by atoms with Gasteiger partial charge in [0.25, 0.3) is 0 Å². The summed E-state index contributed by atoms with van der Waals surface area (Å²) in [4.78, 5) is 2.54. The molecule has 0 radical (unpaired) electrons. The van der Waals surface area contributed by atoms with Gasteiger partial charge in [0.1, 0.15) is 0 Å². The molecule has 0 fully saturated rings. The largest absolute Gasteiger partial charge is 0.309 e. The molecule has 1 nitrogen and oxygen atoms in total. The van der Waals surface area contributed by atoms with Crippen LogP contribution in [0.3, 0.4) is 0 Å². The van der Waals surface area contributed by atoms with Crippen molar-refractivity contribution >= 4 is 48.6 Å². The second kappa shape index (κ2) is 10.4. The lowest BCUT2D eigenvalue weighted by Gasteiger charge is -2.30. The average Bonchev–Trinajstić information content (AvgIpc) is 3.65. The molecule has 0 aliphatic heterocycles. The number of rotatable bonds is 3. The molecule has 7 aromatic rings. The second-order valence-corrected chi connectivity index (χ2v) is 17.8. The van der Waals surface area contributed by atoms with Crippen molar-refractivity contribution in [1.82, 2.24) is 0 Å². The number of hydrogen-bond donors (Lipinski definition) is 0. The van der Waals surface area contributed by atoms with Crippen molar-refractivity contribution in [2.24, 2.45) is 0 Å². The fraction of sp³-hybridized carbons (Fsp3) is 0.250. The van der Waals surface area contributed by atoms with Crippen molar-refractivity contribution < 1.29 is 0 Å². The van der Waals surface area contributed by atoms with E-state index in [1.807, 2.05) is 11.3 Å². The lowest BCUT2D eigenvalue weighted by atomic mass is 9.79. The highest BCUT2D eigenvalue weighted by atomic mass is 32.1. The first kappa shape index (κ1) is 31.3. The van der Waals surface area contributed by atoms with Gasteiger partial charge in [-0.1, -0.05) is 127 Å². The summed E-state index contributed by atoms with van der Waals surface area (Å²) in [5, 5.41) is 2.69. The standard InChI is InChI=1S/C48H45NS/c1-28-24-29(2)44-36(25-28)34-15-12-19-42(45(34)50-44)49(30-20-22-33-32-14-10-11-16-37(32)47(6,7)40(33)26-30)31-21-23-35-41(27-31)48(8,9)39-18-13-17-38(43(35)39)46(3,4)5/h10-27H,1-9H3. The van der Waals surface area contributed by atoms with E-state index in [1.54, 1.807) is 0 Å². The molecule has 2 heteroatoms. The Balaban J connectivity index is 1.31. The normalized spacial score (nSPS) is 15.2. The van der Waals surface area contributed by atoms with Crippen molar-refractivity contribution in [2.45, 2.75) is 78.6 Å². The van der Waals surface area contributed by atoms with Crippen molar-refractivity contribution in [1.29, 1.82) is 0 Å². The van der Waals surface area contributed by atoms with Gasteiger partial charge in [0.15, 0.2) is 0 Å². The Hall–Kier alpha value is -4.66. The Bertz CT molecular complexity index is 2550. The molecule has 248 valence electrons. The molecular formula is C48H45NS. The molecule has 0 atom stereocenters. The number of nitrogens with zero attached hydrogens (tertiary/aromatic N) is 1. The summed E-state index contributed by atoms with van der Waals surface area (Å²) < 4.78 is 2.71. The van der Waals surface area contributed by atoms with E-state index in [4.69, 9.17) is 0 Å². The molecule has 0 amide bonds. The van der Waals surface area contributed by atoms with Crippen LogP contribution < -0.4 is 4.90 Å². The number of fused-ring (bicyclic) bond motifs is 9. The second-order valence-electron chi connectivity index (χ2n) is 16.8. The molecule has 0 saturated carbocycles. The summed E-state index contributed by atoms with van der Waals surface area (Å²) in [6.07, 6.45) is 0. The molecule has 2 aliphatic rings. The fourth-order valence-corrected chi connectivity index (χ4v) is 10.5. The number of thiophene rings is 1. The van der Waals surface area contributed by atoms with Gasteiger partial charge < -0.3 is 4.90 Å². The van der Waals surface area contributed by atoms with E-state index in [9.17, 15) is 0 Å². The van der Waals surface area contributed by atoms with Crippen molar-refractivity contribution in [3.05, 3.63) is 148 Å². The zero-order chi connectivity index (χ0) is 34.9. The molecule has 9 rings (SSSR count). The van der Waals surface area contributed by atoms with Crippen LogP contribution in [0.2, 0.25) is 0 Å². The highest BCUT2D eigenvalue weighted by Gasteiger charge is 2.40. The van der Waals surface area contributed by atoms with Crippen LogP contribution in [0, 0.1) is 13.8 Å². The molecule has 0 unspecified atom stereocenters. The molecule has 0 spiro atoms. The van der Waals surface area contributed by atoms with Gasteiger partial charge in [0.05, 0.1) is 10.4 Å². The lowest BCUT2D eigenvalue weighted by molar-refractivity contribution is 0.589. The van der Waals surface area contributed by atoms with Gasteiger partial charge in [-0.2, -0.15) is 0 Å². The zero-order valence-electron chi connectivity index (χ0n) is 30.7. The van der Waals surface area contributed by atoms with Gasteiger partial charge in [-0.05, 0) is 111 Å².